The zero-order valence-electron chi connectivity index (χ0n) is 40.7. The lowest BCUT2D eigenvalue weighted by molar-refractivity contribution is -0.356. The van der Waals surface area contributed by atoms with E-state index in [9.17, 15) is 24.0 Å². The number of imide groups is 1. The lowest BCUT2D eigenvalue weighted by Crippen LogP contribution is -2.70. The van der Waals surface area contributed by atoms with Crippen LogP contribution in [0.2, 0.25) is 0 Å². The fourth-order valence-electron chi connectivity index (χ4n) is 9.38. The number of amides is 2. The van der Waals surface area contributed by atoms with Gasteiger partial charge >= 0.3 is 17.9 Å². The van der Waals surface area contributed by atoms with E-state index in [1.54, 1.807) is 36.4 Å². The van der Waals surface area contributed by atoms with Crippen LogP contribution < -0.4 is 4.74 Å². The number of unbranched alkanes of at least 4 members (excludes halogenated alkanes) is 5. The molecule has 0 spiro atoms. The Morgan fingerprint density at radius 3 is 1.96 bits per heavy atom. The SMILES string of the molecule is CCCCCCCCOc1ccc(S(=O)[C@H]2O[C@@H]3CO[C@@H](c4ccccc4)O[C@H]3[C@H](OCc3ccccc3)[C@@H]2O[C@@H]2O[C@H](COC(C)=O)[C@@H](OC(C)=O)[C@H](OC(C)=O)[C@H]2N2C(=O)c3ccccc3C2=O)cc1. The molecule has 0 N–H and O–H groups in total. The van der Waals surface area contributed by atoms with Gasteiger partial charge < -0.3 is 47.4 Å². The van der Waals surface area contributed by atoms with E-state index >= 15 is 4.21 Å². The summed E-state index contributed by atoms with van der Waals surface area (Å²) >= 11 is 0. The number of hydrogen-bond acceptors (Lipinski definition) is 16. The second-order valence-electron chi connectivity index (χ2n) is 18.0. The highest BCUT2D eigenvalue weighted by atomic mass is 32.2. The van der Waals surface area contributed by atoms with Crippen LogP contribution in [0.25, 0.3) is 0 Å². The molecular formula is C54H61NO16S. The number of ether oxygens (including phenoxy) is 10. The molecule has 17 nitrogen and oxygen atoms in total. The fraction of sp³-hybridized carbons (Fsp3) is 0.463. The number of fused-ring (bicyclic) bond motifs is 2. The highest BCUT2D eigenvalue weighted by Crippen LogP contribution is 2.42. The van der Waals surface area contributed by atoms with Gasteiger partial charge in [-0.15, -0.1) is 0 Å². The van der Waals surface area contributed by atoms with Crippen molar-refractivity contribution in [2.24, 2.45) is 0 Å². The first-order valence-corrected chi connectivity index (χ1v) is 25.6. The van der Waals surface area contributed by atoms with Gasteiger partial charge in [-0.3, -0.25) is 33.1 Å². The zero-order chi connectivity index (χ0) is 50.7. The molecule has 0 bridgehead atoms. The second-order valence-corrected chi connectivity index (χ2v) is 19.5. The molecule has 12 atom stereocenters. The fourth-order valence-corrected chi connectivity index (χ4v) is 10.8. The molecule has 8 rings (SSSR count). The molecule has 1 unspecified atom stereocenters. The number of benzene rings is 4. The van der Waals surface area contributed by atoms with Crippen LogP contribution in [0.3, 0.4) is 0 Å². The van der Waals surface area contributed by atoms with E-state index in [1.165, 1.54) is 31.4 Å². The number of nitrogens with zero attached hydrogens (tertiary/aromatic N) is 1. The number of carbonyl (C=O) groups excluding carboxylic acids is 5. The number of carbonyl (C=O) groups is 5. The van der Waals surface area contributed by atoms with E-state index < -0.39 is 114 Å². The predicted octanol–water partition coefficient (Wildman–Crippen LogP) is 7.16. The molecule has 4 heterocycles. The van der Waals surface area contributed by atoms with Gasteiger partial charge in [0.05, 0.1) is 41.7 Å². The number of esters is 3. The summed E-state index contributed by atoms with van der Waals surface area (Å²) in [5.41, 5.74) is 0.165. The van der Waals surface area contributed by atoms with Gasteiger partial charge in [0.2, 0.25) is 0 Å². The van der Waals surface area contributed by atoms with Crippen molar-refractivity contribution in [1.29, 1.82) is 0 Å². The first kappa shape index (κ1) is 52.5. The van der Waals surface area contributed by atoms with E-state index in [-0.39, 0.29) is 24.3 Å². The van der Waals surface area contributed by atoms with Crippen LogP contribution in [0.5, 0.6) is 5.75 Å². The molecule has 0 aromatic heterocycles. The molecule has 4 aliphatic heterocycles. The summed E-state index contributed by atoms with van der Waals surface area (Å²) in [5, 5.41) is 0. The van der Waals surface area contributed by atoms with Crippen LogP contribution >= 0.6 is 0 Å². The maximum Gasteiger partial charge on any atom is 0.303 e. The Morgan fingerprint density at radius 2 is 1.31 bits per heavy atom. The molecule has 2 amide bonds. The molecule has 3 saturated heterocycles. The topological polar surface area (TPSA) is 198 Å². The molecule has 0 saturated carbocycles. The zero-order valence-corrected chi connectivity index (χ0v) is 41.5. The van der Waals surface area contributed by atoms with Gasteiger partial charge in [-0.1, -0.05) is 112 Å². The third-order valence-corrected chi connectivity index (χ3v) is 14.3. The van der Waals surface area contributed by atoms with Gasteiger partial charge in [0.1, 0.15) is 48.9 Å². The molecular weight excluding hydrogens is 951 g/mol. The van der Waals surface area contributed by atoms with E-state index in [0.717, 1.165) is 50.5 Å². The van der Waals surface area contributed by atoms with Crippen molar-refractivity contribution in [2.45, 2.75) is 145 Å². The lowest BCUT2D eigenvalue weighted by atomic mass is 9.94. The minimum absolute atomic E-state index is 0.00579. The molecule has 384 valence electrons. The molecule has 0 aliphatic carbocycles. The summed E-state index contributed by atoms with van der Waals surface area (Å²) in [6.07, 6.45) is -5.20. The standard InChI is InChI=1S/C54H61NO16S/c1-5-6-7-8-9-18-29-62-38-25-27-39(28-26-38)72(61)54-49(48(64-30-36-19-12-10-13-20-36)46-43(69-54)32-65-52(70-46)37-21-14-11-15-22-37)71-53-44(55-50(59)40-23-16-17-24-41(40)51(55)60)47(67-35(4)58)45(66-34(3)57)42(68-53)31-63-33(2)56/h10-17,19-28,42-49,52-54H,5-9,18,29-32H2,1-4H3/t42-,43-,44-,45-,46-,47-,48+,49+,52-,53+,54-,72?/m1/s1. The van der Waals surface area contributed by atoms with Crippen LogP contribution in [-0.2, 0) is 74.4 Å². The molecule has 4 aliphatic rings. The third-order valence-electron chi connectivity index (χ3n) is 12.8. The van der Waals surface area contributed by atoms with Crippen LogP contribution in [0.15, 0.2) is 114 Å². The third kappa shape index (κ3) is 12.5. The van der Waals surface area contributed by atoms with Crippen molar-refractivity contribution in [2.75, 3.05) is 19.8 Å². The Morgan fingerprint density at radius 1 is 0.681 bits per heavy atom. The van der Waals surface area contributed by atoms with Crippen molar-refractivity contribution in [3.05, 3.63) is 131 Å². The van der Waals surface area contributed by atoms with Gasteiger partial charge in [-0.2, -0.15) is 0 Å². The monoisotopic (exact) mass is 1010 g/mol. The van der Waals surface area contributed by atoms with Crippen LogP contribution in [0.4, 0.5) is 0 Å². The number of rotatable bonds is 21. The smallest absolute Gasteiger partial charge is 0.303 e. The minimum atomic E-state index is -2.08. The van der Waals surface area contributed by atoms with E-state index in [2.05, 4.69) is 6.92 Å². The molecule has 0 radical (unpaired) electrons. The maximum absolute atomic E-state index is 15.3. The van der Waals surface area contributed by atoms with Crippen molar-refractivity contribution in [3.63, 3.8) is 0 Å². The normalized spacial score (nSPS) is 27.3. The van der Waals surface area contributed by atoms with Gasteiger partial charge in [0.25, 0.3) is 11.8 Å². The van der Waals surface area contributed by atoms with Gasteiger partial charge in [0.15, 0.2) is 30.2 Å². The van der Waals surface area contributed by atoms with Gasteiger partial charge in [-0.25, -0.2) is 0 Å². The quantitative estimate of drug-likeness (QED) is 0.0352. The highest BCUT2D eigenvalue weighted by Gasteiger charge is 2.60. The van der Waals surface area contributed by atoms with Crippen molar-refractivity contribution in [3.8, 4) is 5.75 Å². The summed E-state index contributed by atoms with van der Waals surface area (Å²) in [4.78, 5) is 68.6. The molecule has 3 fully saturated rings. The summed E-state index contributed by atoms with van der Waals surface area (Å²) in [6.45, 7) is 5.52. The average molecular weight is 1010 g/mol. The molecule has 72 heavy (non-hydrogen) atoms. The lowest BCUT2D eigenvalue weighted by Gasteiger charge is -2.52. The Hall–Kier alpha value is -5.86. The summed E-state index contributed by atoms with van der Waals surface area (Å²) in [5.74, 6) is -3.42. The van der Waals surface area contributed by atoms with Gasteiger partial charge in [0, 0.05) is 31.2 Å². The first-order valence-electron chi connectivity index (χ1n) is 24.4. The predicted molar refractivity (Wildman–Crippen MR) is 257 cm³/mol. The Labute approximate surface area is 421 Å². The number of hydrogen-bond donors (Lipinski definition) is 0. The minimum Gasteiger partial charge on any atom is -0.494 e. The Balaban J connectivity index is 1.21. The van der Waals surface area contributed by atoms with Crippen LogP contribution in [0.1, 0.15) is 104 Å². The maximum atomic E-state index is 15.3. The second kappa shape index (κ2) is 24.7. The first-order chi connectivity index (χ1) is 34.9. The summed E-state index contributed by atoms with van der Waals surface area (Å²) in [7, 11) is -2.08. The molecule has 4 aromatic carbocycles. The van der Waals surface area contributed by atoms with Crippen molar-refractivity contribution < 1.29 is 75.6 Å². The van der Waals surface area contributed by atoms with Crippen molar-refractivity contribution >= 4 is 40.5 Å². The Kier molecular flexibility index (Phi) is 18.0. The molecule has 18 heteroatoms. The Bertz CT molecular complexity index is 2480. The average Bonchev–Trinajstić information content (AvgIpc) is 3.63. The van der Waals surface area contributed by atoms with Gasteiger partial charge in [-0.05, 0) is 48.4 Å². The molecule has 4 aromatic rings. The highest BCUT2D eigenvalue weighted by molar-refractivity contribution is 7.85. The van der Waals surface area contributed by atoms with E-state index in [0.29, 0.717) is 22.8 Å². The van der Waals surface area contributed by atoms with Crippen molar-refractivity contribution in [1.82, 2.24) is 4.90 Å². The summed E-state index contributed by atoms with van der Waals surface area (Å²) in [6, 6.07) is 29.8. The summed E-state index contributed by atoms with van der Waals surface area (Å²) < 4.78 is 78.8. The van der Waals surface area contributed by atoms with Crippen LogP contribution in [-0.4, -0.2) is 119 Å². The van der Waals surface area contributed by atoms with E-state index in [4.69, 9.17) is 47.4 Å². The van der Waals surface area contributed by atoms with E-state index in [1.807, 2.05) is 60.7 Å². The van der Waals surface area contributed by atoms with Crippen LogP contribution in [0, 0.1) is 0 Å². The largest absolute Gasteiger partial charge is 0.494 e.